The highest BCUT2D eigenvalue weighted by Crippen LogP contribution is 2.36. The summed E-state index contributed by atoms with van der Waals surface area (Å²) in [7, 11) is 0. The van der Waals surface area contributed by atoms with Crippen molar-refractivity contribution >= 4 is 23.2 Å². The van der Waals surface area contributed by atoms with Gasteiger partial charge in [-0.1, -0.05) is 11.6 Å². The second kappa shape index (κ2) is 8.18. The van der Waals surface area contributed by atoms with Crippen LogP contribution in [-0.4, -0.2) is 43.2 Å². The lowest BCUT2D eigenvalue weighted by atomic mass is 10.1. The SMILES string of the molecule is CCOC1CCN(CC(=O)Nc2ccc(Cl)c(C(F)(F)F)c2)CC1. The number of hydrogen-bond donors (Lipinski definition) is 1. The minimum Gasteiger partial charge on any atom is -0.378 e. The van der Waals surface area contributed by atoms with Gasteiger partial charge in [0.05, 0.1) is 23.2 Å². The van der Waals surface area contributed by atoms with Crippen molar-refractivity contribution in [2.75, 3.05) is 31.6 Å². The Kier molecular flexibility index (Phi) is 6.48. The molecule has 1 amide bonds. The van der Waals surface area contributed by atoms with Crippen LogP contribution in [-0.2, 0) is 15.7 Å². The summed E-state index contributed by atoms with van der Waals surface area (Å²) in [4.78, 5) is 14.0. The average molecular weight is 365 g/mol. The van der Waals surface area contributed by atoms with Crippen molar-refractivity contribution in [3.63, 3.8) is 0 Å². The third-order valence-electron chi connectivity index (χ3n) is 3.86. The molecule has 0 aromatic heterocycles. The molecule has 1 saturated heterocycles. The van der Waals surface area contributed by atoms with Gasteiger partial charge in [0.1, 0.15) is 0 Å². The predicted molar refractivity (Wildman–Crippen MR) is 86.2 cm³/mol. The summed E-state index contributed by atoms with van der Waals surface area (Å²) in [5, 5.41) is 2.10. The number of alkyl halides is 3. The number of amides is 1. The Labute approximate surface area is 143 Å². The van der Waals surface area contributed by atoms with E-state index in [4.69, 9.17) is 16.3 Å². The molecular weight excluding hydrogens is 345 g/mol. The Morgan fingerprint density at radius 1 is 1.38 bits per heavy atom. The molecule has 1 fully saturated rings. The van der Waals surface area contributed by atoms with Crippen molar-refractivity contribution in [3.8, 4) is 0 Å². The summed E-state index contributed by atoms with van der Waals surface area (Å²) in [6, 6.07) is 3.34. The highest BCUT2D eigenvalue weighted by molar-refractivity contribution is 6.31. The molecule has 24 heavy (non-hydrogen) atoms. The number of piperidine rings is 1. The first-order chi connectivity index (χ1) is 11.3. The molecule has 1 aromatic rings. The van der Waals surface area contributed by atoms with Crippen LogP contribution < -0.4 is 5.32 Å². The van der Waals surface area contributed by atoms with E-state index in [0.29, 0.717) is 6.61 Å². The summed E-state index contributed by atoms with van der Waals surface area (Å²) in [5.41, 5.74) is -0.875. The zero-order valence-corrected chi connectivity index (χ0v) is 14.1. The van der Waals surface area contributed by atoms with Gasteiger partial charge in [-0.2, -0.15) is 13.2 Å². The molecule has 0 aliphatic carbocycles. The van der Waals surface area contributed by atoms with Gasteiger partial charge in [0.25, 0.3) is 0 Å². The minimum absolute atomic E-state index is 0.0842. The van der Waals surface area contributed by atoms with Crippen LogP contribution in [0, 0.1) is 0 Å². The van der Waals surface area contributed by atoms with E-state index in [2.05, 4.69) is 5.32 Å². The topological polar surface area (TPSA) is 41.6 Å². The van der Waals surface area contributed by atoms with Crippen LogP contribution in [0.15, 0.2) is 18.2 Å². The van der Waals surface area contributed by atoms with Gasteiger partial charge < -0.3 is 10.1 Å². The van der Waals surface area contributed by atoms with E-state index in [1.807, 2.05) is 11.8 Å². The predicted octanol–water partition coefficient (Wildman–Crippen LogP) is 3.80. The van der Waals surface area contributed by atoms with E-state index < -0.39 is 16.8 Å². The van der Waals surface area contributed by atoms with Gasteiger partial charge in [-0.3, -0.25) is 9.69 Å². The zero-order valence-electron chi connectivity index (χ0n) is 13.3. The van der Waals surface area contributed by atoms with Gasteiger partial charge in [0.15, 0.2) is 0 Å². The molecule has 2 rings (SSSR count). The Bertz CT molecular complexity index is 573. The van der Waals surface area contributed by atoms with Crippen LogP contribution in [0.5, 0.6) is 0 Å². The van der Waals surface area contributed by atoms with Crippen molar-refractivity contribution < 1.29 is 22.7 Å². The molecule has 1 aliphatic rings. The normalized spacial score (nSPS) is 17.0. The van der Waals surface area contributed by atoms with Crippen LogP contribution in [0.3, 0.4) is 0 Å². The fraction of sp³-hybridized carbons (Fsp3) is 0.562. The highest BCUT2D eigenvalue weighted by atomic mass is 35.5. The number of carbonyl (C=O) groups is 1. The fourth-order valence-electron chi connectivity index (χ4n) is 2.69. The van der Waals surface area contributed by atoms with E-state index in [1.165, 1.54) is 6.07 Å². The van der Waals surface area contributed by atoms with Gasteiger partial charge in [0.2, 0.25) is 5.91 Å². The fourth-order valence-corrected chi connectivity index (χ4v) is 2.92. The first kappa shape index (κ1) is 19.0. The van der Waals surface area contributed by atoms with Crippen molar-refractivity contribution in [1.82, 2.24) is 4.90 Å². The molecule has 0 saturated carbocycles. The average Bonchev–Trinajstić information content (AvgIpc) is 2.50. The second-order valence-corrected chi connectivity index (χ2v) is 6.08. The van der Waals surface area contributed by atoms with Crippen molar-refractivity contribution in [1.29, 1.82) is 0 Å². The van der Waals surface area contributed by atoms with Crippen molar-refractivity contribution in [3.05, 3.63) is 28.8 Å². The lowest BCUT2D eigenvalue weighted by Crippen LogP contribution is -2.41. The first-order valence-electron chi connectivity index (χ1n) is 7.80. The quantitative estimate of drug-likeness (QED) is 0.864. The van der Waals surface area contributed by atoms with Gasteiger partial charge in [-0.25, -0.2) is 0 Å². The standard InChI is InChI=1S/C16H20ClF3N2O2/c1-2-24-12-5-7-22(8-6-12)10-15(23)21-11-3-4-14(17)13(9-11)16(18,19)20/h3-4,9,12H,2,5-8,10H2,1H3,(H,21,23). The molecule has 1 aromatic carbocycles. The number of nitrogens with zero attached hydrogens (tertiary/aromatic N) is 1. The molecule has 1 aliphatic heterocycles. The second-order valence-electron chi connectivity index (χ2n) is 5.67. The van der Waals surface area contributed by atoms with Gasteiger partial charge >= 0.3 is 6.18 Å². The summed E-state index contributed by atoms with van der Waals surface area (Å²) in [6.45, 7) is 4.21. The maximum Gasteiger partial charge on any atom is 0.417 e. The maximum absolute atomic E-state index is 12.8. The minimum atomic E-state index is -4.56. The molecule has 4 nitrogen and oxygen atoms in total. The molecule has 134 valence electrons. The lowest BCUT2D eigenvalue weighted by Gasteiger charge is -2.31. The van der Waals surface area contributed by atoms with E-state index in [9.17, 15) is 18.0 Å². The molecule has 0 unspecified atom stereocenters. The molecule has 0 radical (unpaired) electrons. The Morgan fingerprint density at radius 3 is 2.62 bits per heavy atom. The summed E-state index contributed by atoms with van der Waals surface area (Å²) in [6.07, 6.45) is -2.64. The van der Waals surface area contributed by atoms with Crippen LogP contribution in [0.4, 0.5) is 18.9 Å². The summed E-state index contributed by atoms with van der Waals surface area (Å²) in [5.74, 6) is -0.347. The zero-order chi connectivity index (χ0) is 17.7. The van der Waals surface area contributed by atoms with Crippen LogP contribution >= 0.6 is 11.6 Å². The molecule has 1 heterocycles. The van der Waals surface area contributed by atoms with Crippen molar-refractivity contribution in [2.45, 2.75) is 32.0 Å². The van der Waals surface area contributed by atoms with Gasteiger partial charge in [-0.05, 0) is 38.0 Å². The third kappa shape index (κ3) is 5.36. The Hall–Kier alpha value is -1.31. The van der Waals surface area contributed by atoms with Gasteiger partial charge in [0, 0.05) is 25.4 Å². The molecule has 0 spiro atoms. The number of anilines is 1. The smallest absolute Gasteiger partial charge is 0.378 e. The van der Waals surface area contributed by atoms with Crippen molar-refractivity contribution in [2.24, 2.45) is 0 Å². The number of nitrogens with one attached hydrogen (secondary N) is 1. The number of benzene rings is 1. The maximum atomic E-state index is 12.8. The Balaban J connectivity index is 1.89. The van der Waals surface area contributed by atoms with E-state index >= 15 is 0 Å². The first-order valence-corrected chi connectivity index (χ1v) is 8.18. The largest absolute Gasteiger partial charge is 0.417 e. The van der Waals surface area contributed by atoms with Crippen LogP contribution in [0.2, 0.25) is 5.02 Å². The number of hydrogen-bond acceptors (Lipinski definition) is 3. The van der Waals surface area contributed by atoms with E-state index in [-0.39, 0.29) is 24.2 Å². The van der Waals surface area contributed by atoms with Gasteiger partial charge in [-0.15, -0.1) is 0 Å². The molecule has 0 bridgehead atoms. The van der Waals surface area contributed by atoms with Crippen LogP contribution in [0.1, 0.15) is 25.3 Å². The summed E-state index contributed by atoms with van der Waals surface area (Å²) < 4.78 is 44.0. The highest BCUT2D eigenvalue weighted by Gasteiger charge is 2.33. The number of ether oxygens (including phenoxy) is 1. The number of halogens is 4. The molecular formula is C16H20ClF3N2O2. The lowest BCUT2D eigenvalue weighted by molar-refractivity contribution is -0.137. The van der Waals surface area contributed by atoms with E-state index in [1.54, 1.807) is 0 Å². The number of likely N-dealkylation sites (tertiary alicyclic amines) is 1. The summed E-state index contributed by atoms with van der Waals surface area (Å²) >= 11 is 5.56. The molecule has 0 atom stereocenters. The third-order valence-corrected chi connectivity index (χ3v) is 4.19. The van der Waals surface area contributed by atoms with Crippen LogP contribution in [0.25, 0.3) is 0 Å². The molecule has 8 heteroatoms. The molecule has 1 N–H and O–H groups in total. The number of rotatable bonds is 5. The Morgan fingerprint density at radius 2 is 2.04 bits per heavy atom. The number of carbonyl (C=O) groups excluding carboxylic acids is 1. The van der Waals surface area contributed by atoms with E-state index in [0.717, 1.165) is 38.1 Å². The monoisotopic (exact) mass is 364 g/mol.